The van der Waals surface area contributed by atoms with Crippen LogP contribution in [0.25, 0.3) is 0 Å². The minimum atomic E-state index is 0.213. The highest BCUT2D eigenvalue weighted by Crippen LogP contribution is 2.15. The molecule has 17 heavy (non-hydrogen) atoms. The number of methoxy groups -OCH3 is 2. The first-order valence-electron chi connectivity index (χ1n) is 5.06. The molecule has 0 saturated carbocycles. The Kier molecular flexibility index (Phi) is 4.93. The average Bonchev–Trinajstić information content (AvgIpc) is 2.37. The summed E-state index contributed by atoms with van der Waals surface area (Å²) in [4.78, 5) is 14.1. The summed E-state index contributed by atoms with van der Waals surface area (Å²) < 4.78 is 9.97. The van der Waals surface area contributed by atoms with Gasteiger partial charge in [-0.05, 0) is 0 Å². The van der Waals surface area contributed by atoms with Gasteiger partial charge in [0.15, 0.2) is 0 Å². The second-order valence-electron chi connectivity index (χ2n) is 3.09. The third kappa shape index (κ3) is 3.44. The van der Waals surface area contributed by atoms with Crippen LogP contribution >= 0.6 is 0 Å². The summed E-state index contributed by atoms with van der Waals surface area (Å²) in [6.07, 6.45) is 3.51. The standard InChI is InChI=1S/C11H16N4O2/c1-5-7-15(8-6-2)9-12-10(16-3)14-11(13-9)17-4/h5-6H,1-2,7-8H2,3-4H3. The van der Waals surface area contributed by atoms with Crippen molar-refractivity contribution in [2.24, 2.45) is 0 Å². The molecule has 0 fully saturated rings. The quantitative estimate of drug-likeness (QED) is 0.660. The third-order valence-electron chi connectivity index (χ3n) is 1.93. The Morgan fingerprint density at radius 1 is 1.00 bits per heavy atom. The molecular formula is C11H16N4O2. The number of nitrogens with zero attached hydrogens (tertiary/aromatic N) is 4. The predicted molar refractivity (Wildman–Crippen MR) is 65.5 cm³/mol. The zero-order valence-corrected chi connectivity index (χ0v) is 10.1. The van der Waals surface area contributed by atoms with Crippen LogP contribution < -0.4 is 14.4 Å². The molecule has 0 aromatic carbocycles. The maximum absolute atomic E-state index is 4.98. The van der Waals surface area contributed by atoms with E-state index in [4.69, 9.17) is 9.47 Å². The molecule has 0 spiro atoms. The molecule has 1 heterocycles. The molecule has 0 N–H and O–H groups in total. The SMILES string of the molecule is C=CCN(CC=C)c1nc(OC)nc(OC)n1. The van der Waals surface area contributed by atoms with Crippen LogP contribution in [0.1, 0.15) is 0 Å². The summed E-state index contributed by atoms with van der Waals surface area (Å²) in [5.74, 6) is 0.466. The molecule has 0 radical (unpaired) electrons. The fraction of sp³-hybridized carbons (Fsp3) is 0.364. The number of hydrogen-bond donors (Lipinski definition) is 0. The average molecular weight is 236 g/mol. The zero-order chi connectivity index (χ0) is 12.7. The summed E-state index contributed by atoms with van der Waals surface area (Å²) in [7, 11) is 2.98. The highest BCUT2D eigenvalue weighted by Gasteiger charge is 2.12. The number of aromatic nitrogens is 3. The van der Waals surface area contributed by atoms with E-state index < -0.39 is 0 Å². The largest absolute Gasteiger partial charge is 0.467 e. The summed E-state index contributed by atoms with van der Waals surface area (Å²) in [6.45, 7) is 8.57. The van der Waals surface area contributed by atoms with Crippen molar-refractivity contribution in [2.75, 3.05) is 32.2 Å². The van der Waals surface area contributed by atoms with Gasteiger partial charge in [-0.15, -0.1) is 18.1 Å². The van der Waals surface area contributed by atoms with Gasteiger partial charge in [-0.1, -0.05) is 12.2 Å². The van der Waals surface area contributed by atoms with Crippen LogP contribution in [0.4, 0.5) is 5.95 Å². The molecule has 1 aromatic rings. The molecule has 0 saturated heterocycles. The van der Waals surface area contributed by atoms with Gasteiger partial charge in [-0.2, -0.15) is 9.97 Å². The molecule has 0 aliphatic carbocycles. The van der Waals surface area contributed by atoms with Crippen LogP contribution in [-0.2, 0) is 0 Å². The molecule has 6 nitrogen and oxygen atoms in total. The van der Waals surface area contributed by atoms with Crippen molar-refractivity contribution < 1.29 is 9.47 Å². The number of ether oxygens (including phenoxy) is 2. The molecule has 6 heteroatoms. The van der Waals surface area contributed by atoms with Crippen molar-refractivity contribution in [3.05, 3.63) is 25.3 Å². The van der Waals surface area contributed by atoms with E-state index in [1.807, 2.05) is 4.90 Å². The Morgan fingerprint density at radius 3 is 1.82 bits per heavy atom. The lowest BCUT2D eigenvalue weighted by Gasteiger charge is -2.19. The van der Waals surface area contributed by atoms with Crippen LogP contribution in [0.2, 0.25) is 0 Å². The van der Waals surface area contributed by atoms with E-state index in [-0.39, 0.29) is 12.0 Å². The van der Waals surface area contributed by atoms with E-state index >= 15 is 0 Å². The van der Waals surface area contributed by atoms with Gasteiger partial charge in [0, 0.05) is 13.1 Å². The number of hydrogen-bond acceptors (Lipinski definition) is 6. The van der Waals surface area contributed by atoms with Crippen molar-refractivity contribution in [1.29, 1.82) is 0 Å². The lowest BCUT2D eigenvalue weighted by molar-refractivity contribution is 0.340. The molecule has 0 atom stereocenters. The Bertz CT molecular complexity index is 363. The normalized spacial score (nSPS) is 9.53. The van der Waals surface area contributed by atoms with Crippen molar-refractivity contribution in [1.82, 2.24) is 15.0 Å². The van der Waals surface area contributed by atoms with Gasteiger partial charge in [-0.3, -0.25) is 0 Å². The van der Waals surface area contributed by atoms with Gasteiger partial charge in [0.1, 0.15) is 0 Å². The maximum Gasteiger partial charge on any atom is 0.324 e. The van der Waals surface area contributed by atoms with E-state index in [9.17, 15) is 0 Å². The Labute approximate surface area is 101 Å². The van der Waals surface area contributed by atoms with E-state index in [0.717, 1.165) is 0 Å². The first-order valence-corrected chi connectivity index (χ1v) is 5.06. The van der Waals surface area contributed by atoms with Gasteiger partial charge >= 0.3 is 12.0 Å². The summed E-state index contributed by atoms with van der Waals surface area (Å²) in [5.41, 5.74) is 0. The smallest absolute Gasteiger partial charge is 0.324 e. The van der Waals surface area contributed by atoms with Gasteiger partial charge in [0.05, 0.1) is 14.2 Å². The summed E-state index contributed by atoms with van der Waals surface area (Å²) in [5, 5.41) is 0. The first-order chi connectivity index (χ1) is 8.24. The topological polar surface area (TPSA) is 60.4 Å². The van der Waals surface area contributed by atoms with Crippen LogP contribution in [0, 0.1) is 0 Å². The van der Waals surface area contributed by atoms with Crippen LogP contribution in [-0.4, -0.2) is 42.3 Å². The van der Waals surface area contributed by atoms with Gasteiger partial charge in [0.2, 0.25) is 5.95 Å². The van der Waals surface area contributed by atoms with E-state index in [0.29, 0.717) is 19.0 Å². The lowest BCUT2D eigenvalue weighted by Crippen LogP contribution is -2.25. The lowest BCUT2D eigenvalue weighted by atomic mass is 10.5. The second-order valence-corrected chi connectivity index (χ2v) is 3.09. The molecule has 1 aromatic heterocycles. The predicted octanol–water partition coefficient (Wildman–Crippen LogP) is 1.07. The Hall–Kier alpha value is -2.11. The fourth-order valence-corrected chi connectivity index (χ4v) is 1.20. The molecule has 1 rings (SSSR count). The second kappa shape index (κ2) is 6.47. The molecule has 92 valence electrons. The summed E-state index contributed by atoms with van der Waals surface area (Å²) >= 11 is 0. The monoisotopic (exact) mass is 236 g/mol. The minimum Gasteiger partial charge on any atom is -0.467 e. The first kappa shape index (κ1) is 13.0. The molecule has 0 amide bonds. The van der Waals surface area contributed by atoms with Crippen LogP contribution in [0.3, 0.4) is 0 Å². The highest BCUT2D eigenvalue weighted by molar-refractivity contribution is 5.34. The van der Waals surface area contributed by atoms with Gasteiger partial charge in [0.25, 0.3) is 0 Å². The zero-order valence-electron chi connectivity index (χ0n) is 10.1. The van der Waals surface area contributed by atoms with Gasteiger partial charge in [-0.25, -0.2) is 0 Å². The van der Waals surface area contributed by atoms with Crippen molar-refractivity contribution in [2.45, 2.75) is 0 Å². The van der Waals surface area contributed by atoms with Gasteiger partial charge < -0.3 is 14.4 Å². The molecular weight excluding hydrogens is 220 g/mol. The summed E-state index contributed by atoms with van der Waals surface area (Å²) in [6, 6.07) is 0.426. The Balaban J connectivity index is 3.06. The van der Waals surface area contributed by atoms with E-state index in [1.54, 1.807) is 12.2 Å². The minimum absolute atomic E-state index is 0.213. The molecule has 0 aliphatic heterocycles. The Morgan fingerprint density at radius 2 is 1.47 bits per heavy atom. The maximum atomic E-state index is 4.98. The molecule has 0 unspecified atom stereocenters. The van der Waals surface area contributed by atoms with E-state index in [2.05, 4.69) is 28.1 Å². The number of rotatable bonds is 7. The fourth-order valence-electron chi connectivity index (χ4n) is 1.20. The van der Waals surface area contributed by atoms with Crippen molar-refractivity contribution >= 4 is 5.95 Å². The van der Waals surface area contributed by atoms with E-state index in [1.165, 1.54) is 14.2 Å². The third-order valence-corrected chi connectivity index (χ3v) is 1.93. The van der Waals surface area contributed by atoms with Crippen LogP contribution in [0.5, 0.6) is 12.0 Å². The number of anilines is 1. The molecule has 0 aliphatic rings. The van der Waals surface area contributed by atoms with Crippen molar-refractivity contribution in [3.63, 3.8) is 0 Å². The van der Waals surface area contributed by atoms with Crippen molar-refractivity contribution in [3.8, 4) is 12.0 Å². The molecule has 0 bridgehead atoms. The highest BCUT2D eigenvalue weighted by atomic mass is 16.5. The van der Waals surface area contributed by atoms with Crippen LogP contribution in [0.15, 0.2) is 25.3 Å².